The maximum atomic E-state index is 11.3. The van der Waals surface area contributed by atoms with Crippen molar-refractivity contribution in [3.8, 4) is 0 Å². The first kappa shape index (κ1) is 9.52. The van der Waals surface area contributed by atoms with Crippen molar-refractivity contribution < 1.29 is 14.4 Å². The predicted molar refractivity (Wildman–Crippen MR) is 46.8 cm³/mol. The van der Waals surface area contributed by atoms with E-state index in [0.29, 0.717) is 0 Å². The summed E-state index contributed by atoms with van der Waals surface area (Å²) in [6.07, 6.45) is -1.06. The minimum absolute atomic E-state index is 0.203. The highest BCUT2D eigenvalue weighted by Crippen LogP contribution is 2.12. The van der Waals surface area contributed by atoms with Gasteiger partial charge >= 0.3 is 12.1 Å². The third kappa shape index (κ3) is 1.52. The van der Waals surface area contributed by atoms with Crippen LogP contribution in [-0.2, 0) is 4.79 Å². The lowest BCUT2D eigenvalue weighted by Gasteiger charge is -2.19. The molecule has 0 aromatic rings. The van der Waals surface area contributed by atoms with E-state index in [-0.39, 0.29) is 12.6 Å². The molecular formula is C6H10N6O3. The highest BCUT2D eigenvalue weighted by molar-refractivity contribution is 5.88. The lowest BCUT2D eigenvalue weighted by atomic mass is 10.4. The Kier molecular flexibility index (Phi) is 2.08. The van der Waals surface area contributed by atoms with Crippen LogP contribution in [0.15, 0.2) is 0 Å². The minimum Gasteiger partial charge on any atom is -0.314 e. The lowest BCUT2D eigenvalue weighted by Crippen LogP contribution is -2.49. The van der Waals surface area contributed by atoms with E-state index in [9.17, 15) is 14.4 Å². The van der Waals surface area contributed by atoms with E-state index >= 15 is 0 Å². The topological polar surface area (TPSA) is 129 Å². The van der Waals surface area contributed by atoms with E-state index in [4.69, 9.17) is 5.84 Å². The number of hydrogen-bond donors (Lipinski definition) is 5. The van der Waals surface area contributed by atoms with Crippen molar-refractivity contribution in [2.45, 2.75) is 12.3 Å². The van der Waals surface area contributed by atoms with Crippen LogP contribution in [-0.4, -0.2) is 41.7 Å². The summed E-state index contributed by atoms with van der Waals surface area (Å²) in [6.45, 7) is -0.203. The van der Waals surface area contributed by atoms with Gasteiger partial charge in [0, 0.05) is 0 Å². The lowest BCUT2D eigenvalue weighted by molar-refractivity contribution is -0.122. The van der Waals surface area contributed by atoms with Crippen molar-refractivity contribution in [2.24, 2.45) is 5.84 Å². The van der Waals surface area contributed by atoms with Crippen LogP contribution in [0.4, 0.5) is 9.59 Å². The predicted octanol–water partition coefficient (Wildman–Crippen LogP) is -3.03. The smallest absolute Gasteiger partial charge is 0.314 e. The Bertz CT molecular complexity index is 331. The van der Waals surface area contributed by atoms with Crippen molar-refractivity contribution in [3.05, 3.63) is 0 Å². The molecule has 0 spiro atoms. The van der Waals surface area contributed by atoms with E-state index in [1.54, 1.807) is 0 Å². The molecule has 2 fully saturated rings. The van der Waals surface area contributed by atoms with Crippen LogP contribution in [0.3, 0.4) is 0 Å². The Hall–Kier alpha value is -2.03. The van der Waals surface area contributed by atoms with Gasteiger partial charge in [0.25, 0.3) is 5.91 Å². The maximum Gasteiger partial charge on any atom is 0.321 e. The number of urea groups is 2. The van der Waals surface area contributed by atoms with Crippen molar-refractivity contribution in [2.75, 3.05) is 6.54 Å². The Labute approximate surface area is 84.3 Å². The number of carbonyl (C=O) groups excluding carboxylic acids is 3. The standard InChI is InChI=1S/C6H10N6O3/c7-11-2(13)1-12-4-3(9-6(12)15)8-5(14)10-4/h3-4H,1,7H2,(H,9,15)(H,11,13)(H2,8,10,14). The largest absolute Gasteiger partial charge is 0.321 e. The minimum atomic E-state index is -0.553. The molecule has 2 aliphatic rings. The summed E-state index contributed by atoms with van der Waals surface area (Å²) >= 11 is 0. The fourth-order valence-electron chi connectivity index (χ4n) is 1.57. The number of hydrogen-bond acceptors (Lipinski definition) is 4. The first-order valence-corrected chi connectivity index (χ1v) is 4.25. The van der Waals surface area contributed by atoms with E-state index in [1.807, 2.05) is 5.43 Å². The Morgan fingerprint density at radius 2 is 2.13 bits per heavy atom. The SMILES string of the molecule is NNC(=O)CN1C(=O)NC2NC(=O)NC21. The summed E-state index contributed by atoms with van der Waals surface area (Å²) in [5.41, 5.74) is 1.91. The molecule has 9 nitrogen and oxygen atoms in total. The molecule has 0 aliphatic carbocycles. The highest BCUT2D eigenvalue weighted by atomic mass is 16.2. The number of fused-ring (bicyclic) bond motifs is 1. The van der Waals surface area contributed by atoms with Crippen LogP contribution in [0.25, 0.3) is 0 Å². The third-order valence-electron chi connectivity index (χ3n) is 2.23. The summed E-state index contributed by atoms with van der Waals surface area (Å²) in [7, 11) is 0. The van der Waals surface area contributed by atoms with Crippen molar-refractivity contribution in [1.82, 2.24) is 26.3 Å². The molecule has 0 aromatic heterocycles. The van der Waals surface area contributed by atoms with Crippen LogP contribution in [0.2, 0.25) is 0 Å². The van der Waals surface area contributed by atoms with Gasteiger partial charge in [-0.3, -0.25) is 15.1 Å². The zero-order valence-corrected chi connectivity index (χ0v) is 7.61. The average molecular weight is 214 g/mol. The van der Waals surface area contributed by atoms with E-state index in [1.165, 1.54) is 4.90 Å². The molecule has 9 heteroatoms. The van der Waals surface area contributed by atoms with Gasteiger partial charge in [0.15, 0.2) is 0 Å². The monoisotopic (exact) mass is 214 g/mol. The summed E-state index contributed by atoms with van der Waals surface area (Å²) < 4.78 is 0. The molecule has 0 bridgehead atoms. The summed E-state index contributed by atoms with van der Waals surface area (Å²) in [5, 5.41) is 7.48. The Morgan fingerprint density at radius 1 is 1.40 bits per heavy atom. The number of carbonyl (C=O) groups is 3. The fraction of sp³-hybridized carbons (Fsp3) is 0.500. The molecule has 0 radical (unpaired) electrons. The quantitative estimate of drug-likeness (QED) is 0.190. The van der Waals surface area contributed by atoms with E-state index < -0.39 is 24.3 Å². The molecule has 2 rings (SSSR count). The van der Waals surface area contributed by atoms with Crippen LogP contribution in [0.1, 0.15) is 0 Å². The molecule has 2 aliphatic heterocycles. The molecule has 6 N–H and O–H groups in total. The van der Waals surface area contributed by atoms with Crippen LogP contribution in [0.5, 0.6) is 0 Å². The van der Waals surface area contributed by atoms with Crippen LogP contribution < -0.4 is 27.2 Å². The average Bonchev–Trinajstić information content (AvgIpc) is 2.65. The van der Waals surface area contributed by atoms with Gasteiger partial charge in [0.1, 0.15) is 18.9 Å². The maximum absolute atomic E-state index is 11.3. The normalized spacial score (nSPS) is 27.9. The van der Waals surface area contributed by atoms with Crippen molar-refractivity contribution >= 4 is 18.0 Å². The molecule has 2 heterocycles. The first-order chi connectivity index (χ1) is 7.11. The van der Waals surface area contributed by atoms with Gasteiger partial charge in [0.2, 0.25) is 0 Å². The van der Waals surface area contributed by atoms with Crippen molar-refractivity contribution in [1.29, 1.82) is 0 Å². The van der Waals surface area contributed by atoms with Gasteiger partial charge in [-0.25, -0.2) is 15.4 Å². The number of nitrogens with zero attached hydrogens (tertiary/aromatic N) is 1. The van der Waals surface area contributed by atoms with Gasteiger partial charge in [-0.2, -0.15) is 0 Å². The summed E-state index contributed by atoms with van der Waals surface area (Å²) in [4.78, 5) is 34.5. The van der Waals surface area contributed by atoms with Gasteiger partial charge in [0.05, 0.1) is 0 Å². The molecular weight excluding hydrogens is 204 g/mol. The second-order valence-corrected chi connectivity index (χ2v) is 3.19. The molecule has 2 saturated heterocycles. The number of rotatable bonds is 2. The second-order valence-electron chi connectivity index (χ2n) is 3.19. The van der Waals surface area contributed by atoms with Crippen molar-refractivity contribution in [3.63, 3.8) is 0 Å². The molecule has 0 saturated carbocycles. The Morgan fingerprint density at radius 3 is 2.80 bits per heavy atom. The van der Waals surface area contributed by atoms with Gasteiger partial charge in [-0.05, 0) is 0 Å². The zero-order chi connectivity index (χ0) is 11.0. The fourth-order valence-corrected chi connectivity index (χ4v) is 1.57. The van der Waals surface area contributed by atoms with E-state index in [0.717, 1.165) is 0 Å². The van der Waals surface area contributed by atoms with Crippen LogP contribution in [0, 0.1) is 0 Å². The third-order valence-corrected chi connectivity index (χ3v) is 2.23. The first-order valence-electron chi connectivity index (χ1n) is 4.25. The summed E-state index contributed by atoms with van der Waals surface area (Å²) in [5.74, 6) is 4.39. The molecule has 82 valence electrons. The molecule has 5 amide bonds. The highest BCUT2D eigenvalue weighted by Gasteiger charge is 2.45. The number of nitrogens with two attached hydrogens (primary N) is 1. The van der Waals surface area contributed by atoms with Crippen LogP contribution >= 0.6 is 0 Å². The number of amides is 5. The second kappa shape index (κ2) is 3.28. The molecule has 15 heavy (non-hydrogen) atoms. The Balaban J connectivity index is 2.07. The number of hydrazine groups is 1. The summed E-state index contributed by atoms with van der Waals surface area (Å²) in [6, 6.07) is -0.816. The molecule has 2 atom stereocenters. The van der Waals surface area contributed by atoms with Gasteiger partial charge in [-0.1, -0.05) is 0 Å². The van der Waals surface area contributed by atoms with E-state index in [2.05, 4.69) is 16.0 Å². The zero-order valence-electron chi connectivity index (χ0n) is 7.61. The van der Waals surface area contributed by atoms with Gasteiger partial charge in [-0.15, -0.1) is 0 Å². The number of nitrogens with one attached hydrogen (secondary N) is 4. The molecule has 0 aromatic carbocycles. The van der Waals surface area contributed by atoms with Gasteiger partial charge < -0.3 is 16.0 Å². The molecule has 2 unspecified atom stereocenters.